The molecule has 0 aliphatic heterocycles. The van der Waals surface area contributed by atoms with Gasteiger partial charge in [-0.3, -0.25) is 0 Å². The molecular weight excluding hydrogens is 284 g/mol. The number of furan rings is 1. The Labute approximate surface area is 116 Å². The summed E-state index contributed by atoms with van der Waals surface area (Å²) < 4.78 is 31.8. The number of thiophene rings is 1. The fourth-order valence-electron chi connectivity index (χ4n) is 1.62. The summed E-state index contributed by atoms with van der Waals surface area (Å²) in [6, 6.07) is 5.30. The largest absolute Gasteiger partial charge is 0.469 e. The minimum absolute atomic E-state index is 0.321. The minimum atomic E-state index is -3.42. The molecular formula is C12H16N2O3S2. The Bertz CT molecular complexity index is 603. The molecule has 0 atom stereocenters. The fourth-order valence-corrected chi connectivity index (χ4v) is 3.93. The number of hydrogen-bond acceptors (Lipinski definition) is 5. The van der Waals surface area contributed by atoms with Crippen LogP contribution in [-0.4, -0.2) is 22.0 Å². The Morgan fingerprint density at radius 3 is 2.95 bits per heavy atom. The summed E-state index contributed by atoms with van der Waals surface area (Å²) in [6.45, 7) is 1.000. The van der Waals surface area contributed by atoms with E-state index in [1.807, 2.05) is 13.1 Å². The van der Waals surface area contributed by atoms with Crippen LogP contribution in [0.15, 0.2) is 39.2 Å². The Morgan fingerprint density at radius 2 is 2.26 bits per heavy atom. The van der Waals surface area contributed by atoms with E-state index in [0.717, 1.165) is 10.6 Å². The van der Waals surface area contributed by atoms with Crippen molar-refractivity contribution in [3.8, 4) is 0 Å². The van der Waals surface area contributed by atoms with Crippen LogP contribution in [0, 0.1) is 0 Å². The highest BCUT2D eigenvalue weighted by Gasteiger charge is 2.15. The van der Waals surface area contributed by atoms with Gasteiger partial charge in [-0.1, -0.05) is 0 Å². The molecule has 0 saturated carbocycles. The summed E-state index contributed by atoms with van der Waals surface area (Å²) in [5, 5.41) is 4.65. The number of sulfonamides is 1. The number of nitrogens with one attached hydrogen (secondary N) is 2. The predicted molar refractivity (Wildman–Crippen MR) is 74.7 cm³/mol. The summed E-state index contributed by atoms with van der Waals surface area (Å²) in [6.07, 6.45) is 2.12. The van der Waals surface area contributed by atoms with Gasteiger partial charge < -0.3 is 9.73 Å². The number of hydrogen-bond donors (Lipinski definition) is 2. The van der Waals surface area contributed by atoms with Crippen molar-refractivity contribution in [2.75, 3.05) is 13.6 Å². The first kappa shape index (κ1) is 14.3. The van der Waals surface area contributed by atoms with Crippen LogP contribution in [0.3, 0.4) is 0 Å². The third kappa shape index (κ3) is 3.90. The van der Waals surface area contributed by atoms with Gasteiger partial charge in [0.05, 0.1) is 11.2 Å². The lowest BCUT2D eigenvalue weighted by Gasteiger charge is -2.03. The van der Waals surface area contributed by atoms with Crippen LogP contribution in [0.2, 0.25) is 0 Å². The van der Waals surface area contributed by atoms with Gasteiger partial charge in [0, 0.05) is 29.8 Å². The quantitative estimate of drug-likeness (QED) is 0.814. The first-order chi connectivity index (χ1) is 9.12. The summed E-state index contributed by atoms with van der Waals surface area (Å²) in [5.74, 6) is 0.767. The molecule has 0 unspecified atom stereocenters. The van der Waals surface area contributed by atoms with E-state index in [1.165, 1.54) is 11.3 Å². The topological polar surface area (TPSA) is 71.3 Å². The molecule has 2 N–H and O–H groups in total. The van der Waals surface area contributed by atoms with Gasteiger partial charge in [0.25, 0.3) is 0 Å². The molecule has 0 amide bonds. The molecule has 2 aromatic heterocycles. The minimum Gasteiger partial charge on any atom is -0.469 e. The van der Waals surface area contributed by atoms with Gasteiger partial charge in [0.15, 0.2) is 0 Å². The molecule has 2 aromatic rings. The van der Waals surface area contributed by atoms with Crippen molar-refractivity contribution in [2.45, 2.75) is 17.9 Å². The van der Waals surface area contributed by atoms with E-state index in [4.69, 9.17) is 4.42 Å². The van der Waals surface area contributed by atoms with Crippen LogP contribution < -0.4 is 10.0 Å². The maximum absolute atomic E-state index is 12.0. The molecule has 0 aromatic carbocycles. The maximum atomic E-state index is 12.0. The van der Waals surface area contributed by atoms with Gasteiger partial charge in [0.1, 0.15) is 5.76 Å². The molecule has 2 rings (SSSR count). The lowest BCUT2D eigenvalue weighted by Crippen LogP contribution is -2.25. The molecule has 0 spiro atoms. The van der Waals surface area contributed by atoms with E-state index in [-0.39, 0.29) is 0 Å². The highest BCUT2D eigenvalue weighted by Crippen LogP contribution is 2.18. The molecule has 2 heterocycles. The van der Waals surface area contributed by atoms with Gasteiger partial charge >= 0.3 is 0 Å². The molecule has 5 nitrogen and oxygen atoms in total. The van der Waals surface area contributed by atoms with Crippen molar-refractivity contribution in [1.82, 2.24) is 10.0 Å². The van der Waals surface area contributed by atoms with Crippen molar-refractivity contribution in [3.05, 3.63) is 40.5 Å². The predicted octanol–water partition coefficient (Wildman–Crippen LogP) is 1.58. The fraction of sp³-hybridized carbons (Fsp3) is 0.333. The zero-order chi connectivity index (χ0) is 13.7. The Morgan fingerprint density at radius 1 is 1.42 bits per heavy atom. The second-order valence-corrected chi connectivity index (χ2v) is 6.77. The van der Waals surface area contributed by atoms with E-state index < -0.39 is 10.0 Å². The van der Waals surface area contributed by atoms with E-state index in [0.29, 0.717) is 24.4 Å². The van der Waals surface area contributed by atoms with Gasteiger partial charge in [0.2, 0.25) is 10.0 Å². The first-order valence-corrected chi connectivity index (χ1v) is 8.22. The average Bonchev–Trinajstić information content (AvgIpc) is 3.00. The molecule has 7 heteroatoms. The Kier molecular flexibility index (Phi) is 4.76. The summed E-state index contributed by atoms with van der Waals surface area (Å²) in [5.41, 5.74) is 0. The van der Waals surface area contributed by atoms with Crippen molar-refractivity contribution in [3.63, 3.8) is 0 Å². The van der Waals surface area contributed by atoms with E-state index >= 15 is 0 Å². The zero-order valence-corrected chi connectivity index (χ0v) is 12.2. The normalized spacial score (nSPS) is 11.8. The van der Waals surface area contributed by atoms with Crippen LogP contribution >= 0.6 is 11.3 Å². The molecule has 0 bridgehead atoms. The van der Waals surface area contributed by atoms with Gasteiger partial charge in [-0.25, -0.2) is 13.1 Å². The molecule has 0 fully saturated rings. The standard InChI is InChI=1S/C12H16N2O3S2/c1-13-8-11-7-12(9-18-11)19(15,16)14-5-4-10-3-2-6-17-10/h2-3,6-7,9,13-14H,4-5,8H2,1H3. The zero-order valence-electron chi connectivity index (χ0n) is 10.5. The van der Waals surface area contributed by atoms with Crippen LogP contribution in [-0.2, 0) is 23.0 Å². The smallest absolute Gasteiger partial charge is 0.241 e. The molecule has 0 aliphatic rings. The molecule has 0 aliphatic carbocycles. The second kappa shape index (κ2) is 6.33. The van der Waals surface area contributed by atoms with Crippen LogP contribution in [0.5, 0.6) is 0 Å². The number of rotatable bonds is 7. The molecule has 0 radical (unpaired) electrons. The van der Waals surface area contributed by atoms with E-state index in [9.17, 15) is 8.42 Å². The SMILES string of the molecule is CNCc1cc(S(=O)(=O)NCCc2ccco2)cs1. The third-order valence-electron chi connectivity index (χ3n) is 2.53. The Balaban J connectivity index is 1.93. The van der Waals surface area contributed by atoms with Gasteiger partial charge in [-0.15, -0.1) is 11.3 Å². The summed E-state index contributed by atoms with van der Waals surface area (Å²) in [4.78, 5) is 1.32. The van der Waals surface area contributed by atoms with Crippen molar-refractivity contribution in [2.24, 2.45) is 0 Å². The molecule has 104 valence electrons. The lowest BCUT2D eigenvalue weighted by atomic mass is 10.3. The lowest BCUT2D eigenvalue weighted by molar-refractivity contribution is 0.506. The second-order valence-electron chi connectivity index (χ2n) is 4.01. The van der Waals surface area contributed by atoms with Crippen LogP contribution in [0.4, 0.5) is 0 Å². The first-order valence-electron chi connectivity index (χ1n) is 5.86. The molecule has 19 heavy (non-hydrogen) atoms. The third-order valence-corrected chi connectivity index (χ3v) is 5.06. The van der Waals surface area contributed by atoms with Crippen molar-refractivity contribution < 1.29 is 12.8 Å². The molecule has 0 saturated heterocycles. The summed E-state index contributed by atoms with van der Waals surface area (Å²) in [7, 11) is -1.59. The highest BCUT2D eigenvalue weighted by molar-refractivity contribution is 7.89. The highest BCUT2D eigenvalue weighted by atomic mass is 32.2. The average molecular weight is 300 g/mol. The van der Waals surface area contributed by atoms with Crippen LogP contribution in [0.25, 0.3) is 0 Å². The monoisotopic (exact) mass is 300 g/mol. The van der Waals surface area contributed by atoms with Gasteiger partial charge in [-0.05, 0) is 25.2 Å². The van der Waals surface area contributed by atoms with Crippen molar-refractivity contribution >= 4 is 21.4 Å². The summed E-state index contributed by atoms with van der Waals surface area (Å²) >= 11 is 1.43. The maximum Gasteiger partial charge on any atom is 0.241 e. The van der Waals surface area contributed by atoms with E-state index in [1.54, 1.807) is 23.8 Å². The van der Waals surface area contributed by atoms with E-state index in [2.05, 4.69) is 10.0 Å². The van der Waals surface area contributed by atoms with Crippen LogP contribution in [0.1, 0.15) is 10.6 Å². The Hall–Kier alpha value is -1.15. The van der Waals surface area contributed by atoms with Crippen molar-refractivity contribution in [1.29, 1.82) is 0 Å². The van der Waals surface area contributed by atoms with Gasteiger partial charge in [-0.2, -0.15) is 0 Å².